The summed E-state index contributed by atoms with van der Waals surface area (Å²) in [6.07, 6.45) is 2.24. The van der Waals surface area contributed by atoms with Crippen LogP contribution < -0.4 is 16.1 Å². The van der Waals surface area contributed by atoms with Crippen LogP contribution in [0.3, 0.4) is 0 Å². The van der Waals surface area contributed by atoms with Crippen LogP contribution in [0.4, 0.5) is 14.5 Å². The van der Waals surface area contributed by atoms with Crippen LogP contribution in [0.1, 0.15) is 11.1 Å². The van der Waals surface area contributed by atoms with E-state index in [4.69, 9.17) is 5.73 Å². The first-order valence-electron chi connectivity index (χ1n) is 9.11. The smallest absolute Gasteiger partial charge is 0.184 e. The van der Waals surface area contributed by atoms with E-state index in [1.807, 2.05) is 18.2 Å². The summed E-state index contributed by atoms with van der Waals surface area (Å²) in [7, 11) is 0. The van der Waals surface area contributed by atoms with Crippen molar-refractivity contribution in [1.29, 1.82) is 0 Å². The number of hydrogen-bond donors (Lipinski definition) is 2. The van der Waals surface area contributed by atoms with Gasteiger partial charge in [-0.1, -0.05) is 30.3 Å². The van der Waals surface area contributed by atoms with E-state index in [0.29, 0.717) is 18.7 Å². The molecule has 0 bridgehead atoms. The SMILES string of the molecule is NC(=S)N/N=C/c1cc(F)c(N2CCN(CCc3ccccc3)CC2)c(F)c1. The normalized spacial score (nSPS) is 15.1. The Morgan fingerprint density at radius 3 is 2.36 bits per heavy atom. The third-order valence-corrected chi connectivity index (χ3v) is 4.77. The molecule has 3 N–H and O–H groups in total. The molecule has 5 nitrogen and oxygen atoms in total. The van der Waals surface area contributed by atoms with E-state index in [-0.39, 0.29) is 10.8 Å². The molecule has 0 amide bonds. The zero-order chi connectivity index (χ0) is 19.9. The number of hydrazone groups is 1. The van der Waals surface area contributed by atoms with Crippen molar-refractivity contribution in [3.8, 4) is 0 Å². The summed E-state index contributed by atoms with van der Waals surface area (Å²) in [6.45, 7) is 3.64. The molecule has 1 fully saturated rings. The van der Waals surface area contributed by atoms with Crippen LogP contribution in [0.15, 0.2) is 47.6 Å². The first-order valence-corrected chi connectivity index (χ1v) is 9.52. The molecule has 2 aromatic rings. The van der Waals surface area contributed by atoms with Crippen molar-refractivity contribution in [2.75, 3.05) is 37.6 Å². The second kappa shape index (κ2) is 9.57. The number of piperazine rings is 1. The van der Waals surface area contributed by atoms with Gasteiger partial charge in [0.2, 0.25) is 0 Å². The van der Waals surface area contributed by atoms with Gasteiger partial charge in [0.15, 0.2) is 5.11 Å². The van der Waals surface area contributed by atoms with Gasteiger partial charge in [0.1, 0.15) is 17.3 Å². The third-order valence-electron chi connectivity index (χ3n) is 4.68. The van der Waals surface area contributed by atoms with Gasteiger partial charge in [0.05, 0.1) is 6.21 Å². The van der Waals surface area contributed by atoms with Gasteiger partial charge in [-0.05, 0) is 36.3 Å². The molecule has 0 atom stereocenters. The standard InChI is InChI=1S/C20H23F2N5S/c21-17-12-16(14-24-25-20(23)28)13-18(22)19(17)27-10-8-26(9-11-27)7-6-15-4-2-1-3-5-15/h1-5,12-14H,6-11H2,(H3,23,25,28)/b24-14+. The molecule has 1 aliphatic rings. The van der Waals surface area contributed by atoms with Gasteiger partial charge in [0.25, 0.3) is 0 Å². The Morgan fingerprint density at radius 1 is 1.11 bits per heavy atom. The van der Waals surface area contributed by atoms with Gasteiger partial charge < -0.3 is 10.6 Å². The van der Waals surface area contributed by atoms with E-state index in [1.54, 1.807) is 4.90 Å². The lowest BCUT2D eigenvalue weighted by Gasteiger charge is -2.36. The number of anilines is 1. The molecular weight excluding hydrogens is 380 g/mol. The number of benzene rings is 2. The van der Waals surface area contributed by atoms with Crippen LogP contribution in [0.5, 0.6) is 0 Å². The maximum atomic E-state index is 14.5. The van der Waals surface area contributed by atoms with Crippen molar-refractivity contribution < 1.29 is 8.78 Å². The molecule has 0 radical (unpaired) electrons. The van der Waals surface area contributed by atoms with Crippen molar-refractivity contribution >= 4 is 29.2 Å². The van der Waals surface area contributed by atoms with Gasteiger partial charge in [-0.2, -0.15) is 5.10 Å². The largest absolute Gasteiger partial charge is 0.375 e. The van der Waals surface area contributed by atoms with Crippen LogP contribution in [-0.2, 0) is 6.42 Å². The molecule has 1 aliphatic heterocycles. The first-order chi connectivity index (χ1) is 13.5. The molecule has 0 aromatic heterocycles. The van der Waals surface area contributed by atoms with Crippen molar-refractivity contribution in [3.05, 3.63) is 65.2 Å². The molecule has 148 valence electrons. The van der Waals surface area contributed by atoms with E-state index in [1.165, 1.54) is 23.9 Å². The molecule has 8 heteroatoms. The van der Waals surface area contributed by atoms with E-state index < -0.39 is 11.6 Å². The zero-order valence-electron chi connectivity index (χ0n) is 15.4. The van der Waals surface area contributed by atoms with Gasteiger partial charge in [0, 0.05) is 38.3 Å². The van der Waals surface area contributed by atoms with E-state index >= 15 is 0 Å². The Balaban J connectivity index is 1.57. The summed E-state index contributed by atoms with van der Waals surface area (Å²) in [5.41, 5.74) is 9.22. The quantitative estimate of drug-likeness (QED) is 0.441. The summed E-state index contributed by atoms with van der Waals surface area (Å²) in [5.74, 6) is -1.20. The molecule has 1 saturated heterocycles. The molecule has 0 unspecified atom stereocenters. The number of nitrogens with one attached hydrogen (secondary N) is 1. The maximum absolute atomic E-state index is 14.5. The van der Waals surface area contributed by atoms with Gasteiger partial charge >= 0.3 is 0 Å². The van der Waals surface area contributed by atoms with Crippen molar-refractivity contribution in [2.24, 2.45) is 10.8 Å². The Hall–Kier alpha value is -2.58. The summed E-state index contributed by atoms with van der Waals surface area (Å²) in [4.78, 5) is 4.08. The average Bonchev–Trinajstić information content (AvgIpc) is 2.67. The molecule has 0 saturated carbocycles. The Morgan fingerprint density at radius 2 is 1.75 bits per heavy atom. The van der Waals surface area contributed by atoms with Crippen molar-refractivity contribution in [1.82, 2.24) is 10.3 Å². The van der Waals surface area contributed by atoms with Crippen LogP contribution in [0.25, 0.3) is 0 Å². The lowest BCUT2D eigenvalue weighted by molar-refractivity contribution is 0.259. The van der Waals surface area contributed by atoms with Gasteiger partial charge in [-0.15, -0.1) is 0 Å². The Bertz CT molecular complexity index is 813. The molecule has 3 rings (SSSR count). The first kappa shape index (κ1) is 20.2. The number of halogens is 2. The van der Waals surface area contributed by atoms with Crippen molar-refractivity contribution in [3.63, 3.8) is 0 Å². The van der Waals surface area contributed by atoms with E-state index in [0.717, 1.165) is 26.1 Å². The number of hydrogen-bond acceptors (Lipinski definition) is 4. The second-order valence-corrected chi connectivity index (χ2v) is 7.07. The molecule has 0 aliphatic carbocycles. The van der Waals surface area contributed by atoms with Gasteiger partial charge in [-0.25, -0.2) is 8.78 Å². The molecule has 28 heavy (non-hydrogen) atoms. The fraction of sp³-hybridized carbons (Fsp3) is 0.300. The topological polar surface area (TPSA) is 56.9 Å². The highest BCUT2D eigenvalue weighted by Crippen LogP contribution is 2.25. The predicted molar refractivity (Wildman–Crippen MR) is 113 cm³/mol. The minimum atomic E-state index is -0.602. The fourth-order valence-electron chi connectivity index (χ4n) is 3.26. The zero-order valence-corrected chi connectivity index (χ0v) is 16.3. The molecular formula is C20H23F2N5S. The number of nitrogens with two attached hydrogens (primary N) is 1. The lowest BCUT2D eigenvalue weighted by atomic mass is 10.1. The minimum absolute atomic E-state index is 0.0149. The molecule has 2 aromatic carbocycles. The van der Waals surface area contributed by atoms with Crippen LogP contribution >= 0.6 is 12.2 Å². The van der Waals surface area contributed by atoms with Gasteiger partial charge in [-0.3, -0.25) is 10.3 Å². The van der Waals surface area contributed by atoms with E-state index in [2.05, 4.69) is 39.8 Å². The molecule has 0 spiro atoms. The lowest BCUT2D eigenvalue weighted by Crippen LogP contribution is -2.47. The summed E-state index contributed by atoms with van der Waals surface area (Å²) >= 11 is 4.62. The second-order valence-electron chi connectivity index (χ2n) is 6.63. The minimum Gasteiger partial charge on any atom is -0.375 e. The number of rotatable bonds is 6. The Kier molecular flexibility index (Phi) is 6.89. The monoisotopic (exact) mass is 403 g/mol. The van der Waals surface area contributed by atoms with Crippen LogP contribution in [0, 0.1) is 11.6 Å². The van der Waals surface area contributed by atoms with Crippen molar-refractivity contribution in [2.45, 2.75) is 6.42 Å². The maximum Gasteiger partial charge on any atom is 0.184 e. The predicted octanol–water partition coefficient (Wildman–Crippen LogP) is 2.50. The van der Waals surface area contributed by atoms with E-state index in [9.17, 15) is 8.78 Å². The number of thiocarbonyl (C=S) groups is 1. The highest BCUT2D eigenvalue weighted by molar-refractivity contribution is 7.80. The number of nitrogens with zero attached hydrogens (tertiary/aromatic N) is 3. The third kappa shape index (κ3) is 5.46. The summed E-state index contributed by atoms with van der Waals surface area (Å²) in [6, 6.07) is 12.8. The van der Waals surface area contributed by atoms with Crippen LogP contribution in [-0.4, -0.2) is 49.0 Å². The average molecular weight is 404 g/mol. The molecule has 1 heterocycles. The fourth-order valence-corrected chi connectivity index (χ4v) is 3.31. The summed E-state index contributed by atoms with van der Waals surface area (Å²) in [5, 5.41) is 3.71. The van der Waals surface area contributed by atoms with Crippen LogP contribution in [0.2, 0.25) is 0 Å². The highest BCUT2D eigenvalue weighted by atomic mass is 32.1. The highest BCUT2D eigenvalue weighted by Gasteiger charge is 2.22. The Labute approximate surface area is 168 Å². The summed E-state index contributed by atoms with van der Waals surface area (Å²) < 4.78 is 29.0.